The first kappa shape index (κ1) is 14.0. The molecule has 1 saturated heterocycles. The zero-order valence-electron chi connectivity index (χ0n) is 11.1. The molecule has 0 radical (unpaired) electrons. The summed E-state index contributed by atoms with van der Waals surface area (Å²) in [5.74, 6) is 0.391. The van der Waals surface area contributed by atoms with Gasteiger partial charge in [-0.3, -0.25) is 4.79 Å². The molecule has 0 spiro atoms. The lowest BCUT2D eigenvalue weighted by atomic mass is 9.91. The van der Waals surface area contributed by atoms with Gasteiger partial charge in [0, 0.05) is 13.1 Å². The molecule has 1 aromatic rings. The summed E-state index contributed by atoms with van der Waals surface area (Å²) in [6.45, 7) is 1.75. The molecule has 1 heterocycles. The van der Waals surface area contributed by atoms with Crippen molar-refractivity contribution in [3.05, 3.63) is 35.6 Å². The third kappa shape index (κ3) is 4.03. The Labute approximate surface area is 113 Å². The highest BCUT2D eigenvalue weighted by Crippen LogP contribution is 2.21. The summed E-state index contributed by atoms with van der Waals surface area (Å²) in [6.07, 6.45) is 4.20. The van der Waals surface area contributed by atoms with Gasteiger partial charge in [-0.2, -0.15) is 0 Å². The van der Waals surface area contributed by atoms with E-state index in [-0.39, 0.29) is 18.3 Å². The van der Waals surface area contributed by atoms with Crippen LogP contribution in [0.5, 0.6) is 0 Å². The van der Waals surface area contributed by atoms with Crippen LogP contribution < -0.4 is 5.73 Å². The van der Waals surface area contributed by atoms with Crippen LogP contribution in [-0.2, 0) is 11.2 Å². The van der Waals surface area contributed by atoms with Crippen LogP contribution in [0.2, 0.25) is 0 Å². The summed E-state index contributed by atoms with van der Waals surface area (Å²) >= 11 is 0. The highest BCUT2D eigenvalue weighted by Gasteiger charge is 2.22. The number of benzene rings is 1. The van der Waals surface area contributed by atoms with Crippen molar-refractivity contribution in [3.8, 4) is 0 Å². The van der Waals surface area contributed by atoms with E-state index < -0.39 is 0 Å². The second kappa shape index (κ2) is 6.66. The summed E-state index contributed by atoms with van der Waals surface area (Å²) < 4.78 is 12.8. The standard InChI is InChI=1S/C15H21FN2O/c16-14-7-5-12(6-8-14)3-4-13-2-1-9-18(11-13)15(19)10-17/h5-8,13H,1-4,9-11,17H2. The van der Waals surface area contributed by atoms with Crippen molar-refractivity contribution in [3.63, 3.8) is 0 Å². The Hall–Kier alpha value is -1.42. The number of likely N-dealkylation sites (tertiary alicyclic amines) is 1. The van der Waals surface area contributed by atoms with Crippen molar-refractivity contribution in [2.75, 3.05) is 19.6 Å². The second-order valence-corrected chi connectivity index (χ2v) is 5.22. The molecule has 2 N–H and O–H groups in total. The number of piperidine rings is 1. The SMILES string of the molecule is NCC(=O)N1CCCC(CCc2ccc(F)cc2)C1. The molecule has 1 unspecified atom stereocenters. The Kier molecular flexibility index (Phi) is 4.91. The van der Waals surface area contributed by atoms with Gasteiger partial charge < -0.3 is 10.6 Å². The summed E-state index contributed by atoms with van der Waals surface area (Å²) in [6, 6.07) is 6.67. The number of hydrogen-bond donors (Lipinski definition) is 1. The fraction of sp³-hybridized carbons (Fsp3) is 0.533. The van der Waals surface area contributed by atoms with Gasteiger partial charge in [0.15, 0.2) is 0 Å². The normalized spacial score (nSPS) is 19.5. The predicted molar refractivity (Wildman–Crippen MR) is 73.1 cm³/mol. The molecule has 1 atom stereocenters. The summed E-state index contributed by atoms with van der Waals surface area (Å²) in [5.41, 5.74) is 6.56. The minimum absolute atomic E-state index is 0.0477. The van der Waals surface area contributed by atoms with Crippen LogP contribution >= 0.6 is 0 Å². The summed E-state index contributed by atoms with van der Waals surface area (Å²) in [4.78, 5) is 13.5. The van der Waals surface area contributed by atoms with Crippen LogP contribution in [0.3, 0.4) is 0 Å². The molecule has 2 rings (SSSR count). The third-order valence-electron chi connectivity index (χ3n) is 3.80. The number of nitrogens with zero attached hydrogens (tertiary/aromatic N) is 1. The van der Waals surface area contributed by atoms with Crippen LogP contribution in [0.15, 0.2) is 24.3 Å². The maximum absolute atomic E-state index is 12.8. The van der Waals surface area contributed by atoms with Gasteiger partial charge in [-0.1, -0.05) is 12.1 Å². The second-order valence-electron chi connectivity index (χ2n) is 5.22. The number of halogens is 1. The fourth-order valence-corrected chi connectivity index (χ4v) is 2.68. The van der Waals surface area contributed by atoms with Crippen molar-refractivity contribution < 1.29 is 9.18 Å². The highest BCUT2D eigenvalue weighted by molar-refractivity contribution is 5.78. The van der Waals surface area contributed by atoms with Gasteiger partial charge in [0.25, 0.3) is 0 Å². The Bertz CT molecular complexity index is 419. The molecule has 4 heteroatoms. The van der Waals surface area contributed by atoms with E-state index in [2.05, 4.69) is 0 Å². The minimum atomic E-state index is -0.193. The molecule has 0 aromatic heterocycles. The number of nitrogens with two attached hydrogens (primary N) is 1. The van der Waals surface area contributed by atoms with Crippen LogP contribution in [0.4, 0.5) is 4.39 Å². The Morgan fingerprint density at radius 2 is 2.11 bits per heavy atom. The number of aryl methyl sites for hydroxylation is 1. The zero-order chi connectivity index (χ0) is 13.7. The molecule has 0 saturated carbocycles. The van der Waals surface area contributed by atoms with E-state index in [0.717, 1.165) is 44.3 Å². The van der Waals surface area contributed by atoms with Gasteiger partial charge in [-0.05, 0) is 49.3 Å². The van der Waals surface area contributed by atoms with Crippen LogP contribution in [0.1, 0.15) is 24.8 Å². The third-order valence-corrected chi connectivity index (χ3v) is 3.80. The van der Waals surface area contributed by atoms with Crippen molar-refractivity contribution in [1.82, 2.24) is 4.90 Å². The van der Waals surface area contributed by atoms with E-state index in [4.69, 9.17) is 5.73 Å². The van der Waals surface area contributed by atoms with Gasteiger partial charge in [0.1, 0.15) is 5.82 Å². The van der Waals surface area contributed by atoms with Crippen molar-refractivity contribution in [2.24, 2.45) is 11.7 Å². The van der Waals surface area contributed by atoms with Gasteiger partial charge in [0.2, 0.25) is 5.91 Å². The molecule has 1 fully saturated rings. The van der Waals surface area contributed by atoms with E-state index in [1.54, 1.807) is 0 Å². The zero-order valence-corrected chi connectivity index (χ0v) is 11.1. The Morgan fingerprint density at radius 3 is 2.79 bits per heavy atom. The van der Waals surface area contributed by atoms with Gasteiger partial charge >= 0.3 is 0 Å². The van der Waals surface area contributed by atoms with E-state index in [0.29, 0.717) is 5.92 Å². The highest BCUT2D eigenvalue weighted by atomic mass is 19.1. The maximum Gasteiger partial charge on any atom is 0.236 e. The Balaban J connectivity index is 1.82. The monoisotopic (exact) mass is 264 g/mol. The molecule has 1 amide bonds. The minimum Gasteiger partial charge on any atom is -0.341 e. The molecule has 19 heavy (non-hydrogen) atoms. The van der Waals surface area contributed by atoms with Crippen molar-refractivity contribution in [2.45, 2.75) is 25.7 Å². The van der Waals surface area contributed by atoms with Gasteiger partial charge in [-0.25, -0.2) is 4.39 Å². The number of hydrogen-bond acceptors (Lipinski definition) is 2. The van der Waals surface area contributed by atoms with Crippen LogP contribution in [-0.4, -0.2) is 30.4 Å². The lowest BCUT2D eigenvalue weighted by Crippen LogP contribution is -2.42. The average Bonchev–Trinajstić information content (AvgIpc) is 2.46. The summed E-state index contributed by atoms with van der Waals surface area (Å²) in [5, 5.41) is 0. The number of carbonyl (C=O) groups is 1. The summed E-state index contributed by atoms with van der Waals surface area (Å²) in [7, 11) is 0. The first-order valence-electron chi connectivity index (χ1n) is 6.91. The number of amides is 1. The predicted octanol–water partition coefficient (Wildman–Crippen LogP) is 1.96. The molecule has 3 nitrogen and oxygen atoms in total. The van der Waals surface area contributed by atoms with Crippen LogP contribution in [0, 0.1) is 11.7 Å². The maximum atomic E-state index is 12.8. The molecule has 0 bridgehead atoms. The fourth-order valence-electron chi connectivity index (χ4n) is 2.68. The molecule has 0 aliphatic carbocycles. The van der Waals surface area contributed by atoms with E-state index in [1.165, 1.54) is 12.1 Å². The lowest BCUT2D eigenvalue weighted by Gasteiger charge is -2.32. The van der Waals surface area contributed by atoms with Gasteiger partial charge in [0.05, 0.1) is 6.54 Å². The van der Waals surface area contributed by atoms with E-state index in [9.17, 15) is 9.18 Å². The molecule has 1 aromatic carbocycles. The number of carbonyl (C=O) groups excluding carboxylic acids is 1. The van der Waals surface area contributed by atoms with E-state index >= 15 is 0 Å². The van der Waals surface area contributed by atoms with Crippen molar-refractivity contribution >= 4 is 5.91 Å². The quantitative estimate of drug-likeness (QED) is 0.903. The molecule has 104 valence electrons. The largest absolute Gasteiger partial charge is 0.341 e. The molecular formula is C15H21FN2O. The Morgan fingerprint density at radius 1 is 1.37 bits per heavy atom. The molecule has 1 aliphatic rings. The van der Waals surface area contributed by atoms with Gasteiger partial charge in [-0.15, -0.1) is 0 Å². The average molecular weight is 264 g/mol. The van der Waals surface area contributed by atoms with Crippen molar-refractivity contribution in [1.29, 1.82) is 0 Å². The number of rotatable bonds is 4. The first-order valence-corrected chi connectivity index (χ1v) is 6.91. The topological polar surface area (TPSA) is 46.3 Å². The van der Waals surface area contributed by atoms with E-state index in [1.807, 2.05) is 17.0 Å². The smallest absolute Gasteiger partial charge is 0.236 e. The first-order chi connectivity index (χ1) is 9.19. The lowest BCUT2D eigenvalue weighted by molar-refractivity contribution is -0.131. The molecular weight excluding hydrogens is 243 g/mol. The molecule has 1 aliphatic heterocycles. The van der Waals surface area contributed by atoms with Crippen LogP contribution in [0.25, 0.3) is 0 Å².